The Morgan fingerprint density at radius 3 is 2.72 bits per heavy atom. The van der Waals surface area contributed by atoms with E-state index in [0.717, 1.165) is 17.7 Å². The Labute approximate surface area is 111 Å². The van der Waals surface area contributed by atoms with Gasteiger partial charge in [0.2, 0.25) is 5.91 Å². The molecule has 0 atom stereocenters. The summed E-state index contributed by atoms with van der Waals surface area (Å²) in [6.45, 7) is 3.81. The maximum Gasteiger partial charge on any atom is 0.330 e. The van der Waals surface area contributed by atoms with Gasteiger partial charge in [-0.15, -0.1) is 0 Å². The number of ether oxygens (including phenoxy) is 1. The third-order valence-corrected chi connectivity index (χ3v) is 2.34. The Morgan fingerprint density at radius 1 is 1.39 bits per heavy atom. The maximum absolute atomic E-state index is 11.5. The number of benzene rings is 1. The molecular weight excluding hydrogens is 254 g/mol. The van der Waals surface area contributed by atoms with Crippen LogP contribution in [0.15, 0.2) is 30.4 Å². The minimum Gasteiger partial charge on any atom is -0.463 e. The predicted octanol–water partition coefficient (Wildman–Crippen LogP) is 2.71. The van der Waals surface area contributed by atoms with E-state index in [0.29, 0.717) is 10.7 Å². The van der Waals surface area contributed by atoms with Crippen LogP contribution in [0.1, 0.15) is 12.5 Å². The summed E-state index contributed by atoms with van der Waals surface area (Å²) in [6.07, 6.45) is 2.22. The van der Waals surface area contributed by atoms with E-state index in [2.05, 4.69) is 10.1 Å². The van der Waals surface area contributed by atoms with Gasteiger partial charge in [0.1, 0.15) is 0 Å². The molecule has 18 heavy (non-hydrogen) atoms. The van der Waals surface area contributed by atoms with E-state index in [4.69, 9.17) is 11.6 Å². The summed E-state index contributed by atoms with van der Waals surface area (Å²) in [5.74, 6) is -0.936. The van der Waals surface area contributed by atoms with Crippen molar-refractivity contribution in [2.45, 2.75) is 13.8 Å². The van der Waals surface area contributed by atoms with Crippen molar-refractivity contribution in [3.05, 3.63) is 40.9 Å². The Hall–Kier alpha value is -1.81. The van der Waals surface area contributed by atoms with E-state index in [9.17, 15) is 9.59 Å². The normalized spacial score (nSPS) is 10.4. The molecule has 1 aromatic carbocycles. The molecule has 4 nitrogen and oxygen atoms in total. The molecule has 0 aliphatic carbocycles. The van der Waals surface area contributed by atoms with Gasteiger partial charge in [-0.05, 0) is 37.6 Å². The highest BCUT2D eigenvalue weighted by Gasteiger charge is 2.03. The first kappa shape index (κ1) is 14.3. The molecular formula is C13H14ClNO3. The average molecular weight is 268 g/mol. The molecule has 0 radical (unpaired) electrons. The smallest absolute Gasteiger partial charge is 0.330 e. The van der Waals surface area contributed by atoms with Gasteiger partial charge in [0.05, 0.1) is 6.61 Å². The van der Waals surface area contributed by atoms with Gasteiger partial charge in [0.25, 0.3) is 0 Å². The van der Waals surface area contributed by atoms with Crippen molar-refractivity contribution in [2.75, 3.05) is 11.9 Å². The summed E-state index contributed by atoms with van der Waals surface area (Å²) >= 11 is 5.80. The van der Waals surface area contributed by atoms with Crippen LogP contribution in [0.5, 0.6) is 0 Å². The van der Waals surface area contributed by atoms with Crippen molar-refractivity contribution in [3.63, 3.8) is 0 Å². The summed E-state index contributed by atoms with van der Waals surface area (Å²) in [4.78, 5) is 22.5. The number of esters is 1. The second kappa shape index (κ2) is 6.81. The number of carbonyl (C=O) groups is 2. The lowest BCUT2D eigenvalue weighted by Gasteiger charge is -2.06. The van der Waals surface area contributed by atoms with Gasteiger partial charge in [0, 0.05) is 22.9 Å². The van der Waals surface area contributed by atoms with Gasteiger partial charge in [-0.3, -0.25) is 4.79 Å². The third-order valence-electron chi connectivity index (χ3n) is 2.10. The van der Waals surface area contributed by atoms with Crippen LogP contribution >= 0.6 is 11.6 Å². The zero-order valence-corrected chi connectivity index (χ0v) is 11.0. The second-order valence-corrected chi connectivity index (χ2v) is 3.97. The first-order chi connectivity index (χ1) is 8.52. The van der Waals surface area contributed by atoms with Gasteiger partial charge in [-0.25, -0.2) is 4.79 Å². The molecule has 0 heterocycles. The lowest BCUT2D eigenvalue weighted by Crippen LogP contribution is -2.10. The fourth-order valence-corrected chi connectivity index (χ4v) is 1.50. The molecule has 0 bridgehead atoms. The molecule has 0 fully saturated rings. The molecule has 96 valence electrons. The highest BCUT2D eigenvalue weighted by molar-refractivity contribution is 6.30. The van der Waals surface area contributed by atoms with E-state index in [1.807, 2.05) is 6.92 Å². The van der Waals surface area contributed by atoms with E-state index < -0.39 is 11.9 Å². The minimum absolute atomic E-state index is 0.279. The number of halogens is 1. The molecule has 1 N–H and O–H groups in total. The van der Waals surface area contributed by atoms with Gasteiger partial charge in [0.15, 0.2) is 0 Å². The molecule has 0 aromatic heterocycles. The summed E-state index contributed by atoms with van der Waals surface area (Å²) in [6, 6.07) is 5.12. The Morgan fingerprint density at radius 2 is 2.11 bits per heavy atom. The zero-order valence-electron chi connectivity index (χ0n) is 10.2. The Bertz CT molecular complexity index is 483. The van der Waals surface area contributed by atoms with Crippen LogP contribution < -0.4 is 5.32 Å². The molecule has 0 unspecified atom stereocenters. The number of nitrogens with one attached hydrogen (secondary N) is 1. The number of amides is 1. The molecule has 0 aliphatic rings. The fourth-order valence-electron chi connectivity index (χ4n) is 1.28. The fraction of sp³-hybridized carbons (Fsp3) is 0.231. The standard InChI is InChI=1S/C13H14ClNO3/c1-3-18-13(17)7-6-12(16)15-11-5-4-10(14)8-9(11)2/h4-8H,3H2,1-2H3,(H,15,16)/b7-6-. The number of anilines is 1. The Kier molecular flexibility index (Phi) is 5.39. The zero-order chi connectivity index (χ0) is 13.5. The average Bonchev–Trinajstić information content (AvgIpc) is 2.31. The van der Waals surface area contributed by atoms with Crippen molar-refractivity contribution in [3.8, 4) is 0 Å². The second-order valence-electron chi connectivity index (χ2n) is 3.53. The molecule has 1 rings (SSSR count). The molecule has 1 aromatic rings. The van der Waals surface area contributed by atoms with Gasteiger partial charge < -0.3 is 10.1 Å². The Balaban J connectivity index is 2.62. The maximum atomic E-state index is 11.5. The van der Waals surface area contributed by atoms with Crippen molar-refractivity contribution in [2.24, 2.45) is 0 Å². The quantitative estimate of drug-likeness (QED) is 0.674. The summed E-state index contributed by atoms with van der Waals surface area (Å²) in [5, 5.41) is 3.25. The molecule has 0 aliphatic heterocycles. The van der Waals surface area contributed by atoms with Crippen LogP contribution in [0.3, 0.4) is 0 Å². The van der Waals surface area contributed by atoms with Crippen LogP contribution in [-0.2, 0) is 14.3 Å². The molecule has 5 heteroatoms. The van der Waals surface area contributed by atoms with Crippen molar-refractivity contribution < 1.29 is 14.3 Å². The largest absolute Gasteiger partial charge is 0.463 e. The first-order valence-corrected chi connectivity index (χ1v) is 5.82. The summed E-state index contributed by atoms with van der Waals surface area (Å²) in [7, 11) is 0. The van der Waals surface area contributed by atoms with Crippen LogP contribution in [0, 0.1) is 6.92 Å². The van der Waals surface area contributed by atoms with Crippen molar-refractivity contribution >= 4 is 29.2 Å². The molecule has 0 saturated carbocycles. The lowest BCUT2D eigenvalue weighted by atomic mass is 10.2. The van der Waals surface area contributed by atoms with Crippen LogP contribution in [0.2, 0.25) is 5.02 Å². The third kappa shape index (κ3) is 4.59. The highest BCUT2D eigenvalue weighted by atomic mass is 35.5. The van der Waals surface area contributed by atoms with Crippen molar-refractivity contribution in [1.82, 2.24) is 0 Å². The number of rotatable bonds is 4. The molecule has 0 spiro atoms. The van der Waals surface area contributed by atoms with Crippen molar-refractivity contribution in [1.29, 1.82) is 0 Å². The highest BCUT2D eigenvalue weighted by Crippen LogP contribution is 2.19. The topological polar surface area (TPSA) is 55.4 Å². The van der Waals surface area contributed by atoms with Crippen LogP contribution in [-0.4, -0.2) is 18.5 Å². The molecule has 1 amide bonds. The number of hydrogen-bond acceptors (Lipinski definition) is 3. The minimum atomic E-state index is -0.541. The van der Waals surface area contributed by atoms with Crippen LogP contribution in [0.4, 0.5) is 5.69 Å². The predicted molar refractivity (Wildman–Crippen MR) is 70.6 cm³/mol. The van der Waals surface area contributed by atoms with Crippen LogP contribution in [0.25, 0.3) is 0 Å². The number of hydrogen-bond donors (Lipinski definition) is 1. The number of carbonyl (C=O) groups excluding carboxylic acids is 2. The van der Waals surface area contributed by atoms with Gasteiger partial charge in [-0.1, -0.05) is 11.6 Å². The first-order valence-electron chi connectivity index (χ1n) is 5.45. The van der Waals surface area contributed by atoms with E-state index >= 15 is 0 Å². The molecule has 0 saturated heterocycles. The van der Waals surface area contributed by atoms with E-state index in [-0.39, 0.29) is 6.61 Å². The monoisotopic (exact) mass is 267 g/mol. The summed E-state index contributed by atoms with van der Waals surface area (Å²) in [5.41, 5.74) is 1.50. The SMILES string of the molecule is CCOC(=O)/C=C\C(=O)Nc1ccc(Cl)cc1C. The summed E-state index contributed by atoms with van der Waals surface area (Å²) < 4.78 is 4.66. The van der Waals surface area contributed by atoms with Gasteiger partial charge >= 0.3 is 5.97 Å². The number of aryl methyl sites for hydroxylation is 1. The van der Waals surface area contributed by atoms with E-state index in [1.165, 1.54) is 0 Å². The van der Waals surface area contributed by atoms with Gasteiger partial charge in [-0.2, -0.15) is 0 Å². The van der Waals surface area contributed by atoms with E-state index in [1.54, 1.807) is 25.1 Å². The lowest BCUT2D eigenvalue weighted by molar-refractivity contribution is -0.137.